The maximum absolute atomic E-state index is 5.89. The molecule has 23 heavy (non-hydrogen) atoms. The van der Waals surface area contributed by atoms with Gasteiger partial charge in [-0.2, -0.15) is 0 Å². The highest BCUT2D eigenvalue weighted by Crippen LogP contribution is 2.28. The molecule has 118 valence electrons. The summed E-state index contributed by atoms with van der Waals surface area (Å²) in [5.41, 5.74) is 3.21. The third-order valence-electron chi connectivity index (χ3n) is 3.66. The molecule has 0 aliphatic heterocycles. The summed E-state index contributed by atoms with van der Waals surface area (Å²) in [6, 6.07) is 14.0. The van der Waals surface area contributed by atoms with E-state index in [0.717, 1.165) is 34.6 Å². The van der Waals surface area contributed by atoms with Gasteiger partial charge in [0.15, 0.2) is 11.5 Å². The van der Waals surface area contributed by atoms with Crippen LogP contribution < -0.4 is 9.47 Å². The summed E-state index contributed by atoms with van der Waals surface area (Å²) >= 11 is 0. The molecule has 3 rings (SSSR count). The van der Waals surface area contributed by atoms with E-state index in [9.17, 15) is 0 Å². The van der Waals surface area contributed by atoms with Crippen molar-refractivity contribution in [2.24, 2.45) is 0 Å². The van der Waals surface area contributed by atoms with E-state index < -0.39 is 0 Å². The Morgan fingerprint density at radius 1 is 1.13 bits per heavy atom. The Morgan fingerprint density at radius 3 is 2.83 bits per heavy atom. The van der Waals surface area contributed by atoms with Gasteiger partial charge in [-0.1, -0.05) is 30.4 Å². The molecule has 0 bridgehead atoms. The number of allylic oxidation sites excluding steroid dienone is 1. The van der Waals surface area contributed by atoms with E-state index in [1.807, 2.05) is 61.8 Å². The lowest BCUT2D eigenvalue weighted by Gasteiger charge is -2.12. The Morgan fingerprint density at radius 2 is 2.00 bits per heavy atom. The maximum atomic E-state index is 5.89. The van der Waals surface area contributed by atoms with Crippen molar-refractivity contribution in [3.63, 3.8) is 0 Å². The van der Waals surface area contributed by atoms with Crippen molar-refractivity contribution in [1.82, 2.24) is 9.55 Å². The second-order valence-corrected chi connectivity index (χ2v) is 5.19. The fourth-order valence-electron chi connectivity index (χ4n) is 2.54. The van der Waals surface area contributed by atoms with E-state index in [-0.39, 0.29) is 0 Å². The van der Waals surface area contributed by atoms with Crippen molar-refractivity contribution in [3.05, 3.63) is 60.4 Å². The predicted octanol–water partition coefficient (Wildman–Crippen LogP) is 4.16. The minimum Gasteiger partial charge on any atom is -0.493 e. The molecule has 0 spiro atoms. The Kier molecular flexibility index (Phi) is 4.62. The van der Waals surface area contributed by atoms with Crippen LogP contribution in [0.15, 0.2) is 54.9 Å². The quantitative estimate of drug-likeness (QED) is 0.686. The summed E-state index contributed by atoms with van der Waals surface area (Å²) in [6.45, 7) is 3.28. The Hall–Kier alpha value is -2.75. The van der Waals surface area contributed by atoms with Gasteiger partial charge in [0.25, 0.3) is 0 Å². The van der Waals surface area contributed by atoms with Crippen molar-refractivity contribution in [1.29, 1.82) is 0 Å². The Bertz CT molecular complexity index is 821. The first-order chi connectivity index (χ1) is 11.3. The van der Waals surface area contributed by atoms with Crippen LogP contribution in [0.2, 0.25) is 0 Å². The van der Waals surface area contributed by atoms with Gasteiger partial charge in [-0.3, -0.25) is 0 Å². The molecule has 0 amide bonds. The zero-order valence-corrected chi connectivity index (χ0v) is 13.4. The molecule has 0 saturated heterocycles. The Balaban J connectivity index is 1.68. The molecule has 0 unspecified atom stereocenters. The highest BCUT2D eigenvalue weighted by molar-refractivity contribution is 5.74. The van der Waals surface area contributed by atoms with E-state index >= 15 is 0 Å². The number of fused-ring (bicyclic) bond motifs is 1. The molecule has 2 aromatic carbocycles. The molecule has 0 fully saturated rings. The van der Waals surface area contributed by atoms with Gasteiger partial charge in [-0.25, -0.2) is 4.98 Å². The van der Waals surface area contributed by atoms with Crippen LogP contribution in [0.5, 0.6) is 11.5 Å². The molecule has 0 saturated carbocycles. The molecule has 4 nitrogen and oxygen atoms in total. The Labute approximate surface area is 136 Å². The fraction of sp³-hybridized carbons (Fsp3) is 0.211. The van der Waals surface area contributed by atoms with Crippen molar-refractivity contribution in [2.45, 2.75) is 13.5 Å². The van der Waals surface area contributed by atoms with Gasteiger partial charge in [0.2, 0.25) is 0 Å². The number of imidazole rings is 1. The average Bonchev–Trinajstić information content (AvgIpc) is 2.99. The molecule has 1 heterocycles. The fourth-order valence-corrected chi connectivity index (χ4v) is 2.54. The summed E-state index contributed by atoms with van der Waals surface area (Å²) in [6.07, 6.45) is 5.88. The highest BCUT2D eigenvalue weighted by Gasteiger charge is 2.06. The predicted molar refractivity (Wildman–Crippen MR) is 92.9 cm³/mol. The number of hydrogen-bond acceptors (Lipinski definition) is 3. The second-order valence-electron chi connectivity index (χ2n) is 5.19. The first-order valence-corrected chi connectivity index (χ1v) is 7.65. The van der Waals surface area contributed by atoms with Crippen LogP contribution in [0.25, 0.3) is 17.1 Å². The maximum Gasteiger partial charge on any atom is 0.161 e. The van der Waals surface area contributed by atoms with Gasteiger partial charge in [0.05, 0.1) is 31.0 Å². The van der Waals surface area contributed by atoms with Crippen LogP contribution in [0, 0.1) is 0 Å². The van der Waals surface area contributed by atoms with E-state index in [1.165, 1.54) is 0 Å². The number of rotatable bonds is 6. The molecule has 0 aliphatic rings. The highest BCUT2D eigenvalue weighted by atomic mass is 16.5. The van der Waals surface area contributed by atoms with Crippen LogP contribution in [0.3, 0.4) is 0 Å². The lowest BCUT2D eigenvalue weighted by Crippen LogP contribution is -2.07. The standard InChI is InChI=1S/C19H20N2O2/c1-3-6-15-9-10-18(19(13-15)22-2)23-12-11-21-14-20-16-7-4-5-8-17(16)21/h3-10,13-14H,11-12H2,1-2H3. The summed E-state index contributed by atoms with van der Waals surface area (Å²) in [4.78, 5) is 4.39. The van der Waals surface area contributed by atoms with Crippen molar-refractivity contribution >= 4 is 17.1 Å². The number of methoxy groups -OCH3 is 1. The molecule has 1 aromatic heterocycles. The number of hydrogen-bond donors (Lipinski definition) is 0. The first-order valence-electron chi connectivity index (χ1n) is 7.65. The van der Waals surface area contributed by atoms with E-state index in [0.29, 0.717) is 6.61 Å². The number of ether oxygens (including phenoxy) is 2. The lowest BCUT2D eigenvalue weighted by atomic mass is 10.2. The summed E-state index contributed by atoms with van der Waals surface area (Å²) in [7, 11) is 1.66. The molecule has 0 N–H and O–H groups in total. The summed E-state index contributed by atoms with van der Waals surface area (Å²) in [5.74, 6) is 1.50. The van der Waals surface area contributed by atoms with Gasteiger partial charge < -0.3 is 14.0 Å². The van der Waals surface area contributed by atoms with Gasteiger partial charge in [-0.15, -0.1) is 0 Å². The minimum absolute atomic E-state index is 0.555. The molecule has 0 radical (unpaired) electrons. The largest absolute Gasteiger partial charge is 0.493 e. The van der Waals surface area contributed by atoms with Gasteiger partial charge in [0.1, 0.15) is 6.61 Å². The van der Waals surface area contributed by atoms with Crippen molar-refractivity contribution in [3.8, 4) is 11.5 Å². The first kappa shape index (κ1) is 15.2. The second kappa shape index (κ2) is 7.01. The smallest absolute Gasteiger partial charge is 0.161 e. The monoisotopic (exact) mass is 308 g/mol. The molecular formula is C19H20N2O2. The molecule has 4 heteroatoms. The zero-order chi connectivity index (χ0) is 16.1. The molecule has 0 atom stereocenters. The SMILES string of the molecule is CC=Cc1ccc(OCCn2cnc3ccccc32)c(OC)c1. The van der Waals surface area contributed by atoms with Crippen LogP contribution >= 0.6 is 0 Å². The van der Waals surface area contributed by atoms with Gasteiger partial charge in [-0.05, 0) is 36.8 Å². The number of benzene rings is 2. The van der Waals surface area contributed by atoms with Crippen LogP contribution in [0.4, 0.5) is 0 Å². The van der Waals surface area contributed by atoms with E-state index in [1.54, 1.807) is 7.11 Å². The lowest BCUT2D eigenvalue weighted by molar-refractivity contribution is 0.281. The van der Waals surface area contributed by atoms with E-state index in [4.69, 9.17) is 9.47 Å². The van der Waals surface area contributed by atoms with Crippen molar-refractivity contribution < 1.29 is 9.47 Å². The minimum atomic E-state index is 0.555. The van der Waals surface area contributed by atoms with Crippen LogP contribution in [0.1, 0.15) is 12.5 Å². The summed E-state index contributed by atoms with van der Waals surface area (Å²) < 4.78 is 13.4. The molecule has 3 aromatic rings. The third-order valence-corrected chi connectivity index (χ3v) is 3.66. The van der Waals surface area contributed by atoms with E-state index in [2.05, 4.69) is 15.6 Å². The van der Waals surface area contributed by atoms with Crippen LogP contribution in [-0.4, -0.2) is 23.3 Å². The number of nitrogens with zero attached hydrogens (tertiary/aromatic N) is 2. The van der Waals surface area contributed by atoms with Crippen LogP contribution in [-0.2, 0) is 6.54 Å². The van der Waals surface area contributed by atoms with Gasteiger partial charge >= 0.3 is 0 Å². The van der Waals surface area contributed by atoms with Gasteiger partial charge in [0, 0.05) is 0 Å². The molecular weight excluding hydrogens is 288 g/mol. The zero-order valence-electron chi connectivity index (χ0n) is 13.4. The topological polar surface area (TPSA) is 36.3 Å². The normalized spacial score (nSPS) is 11.2. The average molecular weight is 308 g/mol. The summed E-state index contributed by atoms with van der Waals surface area (Å²) in [5, 5.41) is 0. The number of aromatic nitrogens is 2. The number of para-hydroxylation sites is 2. The van der Waals surface area contributed by atoms with Crippen molar-refractivity contribution in [2.75, 3.05) is 13.7 Å². The third kappa shape index (κ3) is 3.37. The molecule has 0 aliphatic carbocycles.